The van der Waals surface area contributed by atoms with Crippen molar-refractivity contribution in [3.63, 3.8) is 0 Å². The number of nitrogens with zero attached hydrogens (tertiary/aromatic N) is 4. The molecule has 0 saturated carbocycles. The van der Waals surface area contributed by atoms with Crippen LogP contribution in [-0.2, 0) is 6.42 Å². The Hall–Kier alpha value is -1.83. The van der Waals surface area contributed by atoms with Crippen molar-refractivity contribution in [3.05, 3.63) is 11.4 Å². The van der Waals surface area contributed by atoms with Gasteiger partial charge in [0.15, 0.2) is 0 Å². The Labute approximate surface area is 121 Å². The van der Waals surface area contributed by atoms with E-state index >= 15 is 0 Å². The van der Waals surface area contributed by atoms with Crippen LogP contribution in [0.2, 0.25) is 0 Å². The van der Waals surface area contributed by atoms with Gasteiger partial charge in [0.25, 0.3) is 0 Å². The molecular weight excluding hydrogens is 250 g/mol. The fourth-order valence-electron chi connectivity index (χ4n) is 2.12. The van der Waals surface area contributed by atoms with E-state index in [1.807, 2.05) is 6.92 Å². The molecule has 1 aromatic rings. The van der Waals surface area contributed by atoms with E-state index < -0.39 is 0 Å². The molecule has 20 heavy (non-hydrogen) atoms. The standard InChI is InChI=1S/C15H25N5/c1-5-7-13-18-14(17)12(4)15(19-13)20(9-6-8-16)10-11(2)3/h11H,5-7,9-10H2,1-4H3,(H2,17,18,19). The summed E-state index contributed by atoms with van der Waals surface area (Å²) in [6, 6.07) is 2.20. The van der Waals surface area contributed by atoms with Crippen molar-refractivity contribution < 1.29 is 0 Å². The van der Waals surface area contributed by atoms with Gasteiger partial charge in [-0.2, -0.15) is 5.26 Å². The van der Waals surface area contributed by atoms with E-state index in [1.54, 1.807) is 0 Å². The Balaban J connectivity index is 3.12. The summed E-state index contributed by atoms with van der Waals surface area (Å²) in [5.41, 5.74) is 6.91. The van der Waals surface area contributed by atoms with Crippen molar-refractivity contribution in [1.29, 1.82) is 5.26 Å². The molecule has 0 radical (unpaired) electrons. The lowest BCUT2D eigenvalue weighted by molar-refractivity contribution is 0.604. The van der Waals surface area contributed by atoms with E-state index in [0.29, 0.717) is 24.7 Å². The lowest BCUT2D eigenvalue weighted by Gasteiger charge is -2.27. The third-order valence-corrected chi connectivity index (χ3v) is 3.06. The van der Waals surface area contributed by atoms with E-state index in [2.05, 4.69) is 41.7 Å². The van der Waals surface area contributed by atoms with Gasteiger partial charge in [-0.3, -0.25) is 0 Å². The summed E-state index contributed by atoms with van der Waals surface area (Å²) in [7, 11) is 0. The van der Waals surface area contributed by atoms with Gasteiger partial charge in [0.1, 0.15) is 17.5 Å². The average molecular weight is 275 g/mol. The van der Waals surface area contributed by atoms with Crippen LogP contribution in [0.3, 0.4) is 0 Å². The van der Waals surface area contributed by atoms with Gasteiger partial charge in [0.2, 0.25) is 0 Å². The summed E-state index contributed by atoms with van der Waals surface area (Å²) in [5, 5.41) is 8.82. The maximum Gasteiger partial charge on any atom is 0.137 e. The third kappa shape index (κ3) is 4.37. The van der Waals surface area contributed by atoms with Crippen molar-refractivity contribution >= 4 is 11.6 Å². The summed E-state index contributed by atoms with van der Waals surface area (Å²) in [4.78, 5) is 11.1. The van der Waals surface area contributed by atoms with Crippen LogP contribution in [0.15, 0.2) is 0 Å². The van der Waals surface area contributed by atoms with E-state index in [4.69, 9.17) is 11.0 Å². The number of rotatable bonds is 7. The molecule has 0 aliphatic rings. The van der Waals surface area contributed by atoms with Crippen molar-refractivity contribution in [2.45, 2.75) is 47.0 Å². The molecule has 0 amide bonds. The molecule has 0 spiro atoms. The molecule has 0 bridgehead atoms. The summed E-state index contributed by atoms with van der Waals surface area (Å²) in [6.45, 7) is 9.90. The minimum absolute atomic E-state index is 0.485. The second-order valence-corrected chi connectivity index (χ2v) is 5.47. The van der Waals surface area contributed by atoms with Crippen molar-refractivity contribution in [1.82, 2.24) is 9.97 Å². The number of anilines is 2. The Morgan fingerprint density at radius 1 is 1.35 bits per heavy atom. The molecule has 0 saturated heterocycles. The molecule has 0 aromatic carbocycles. The van der Waals surface area contributed by atoms with Crippen LogP contribution in [0.5, 0.6) is 0 Å². The van der Waals surface area contributed by atoms with Crippen LogP contribution in [0, 0.1) is 24.2 Å². The quantitative estimate of drug-likeness (QED) is 0.827. The fraction of sp³-hybridized carbons (Fsp3) is 0.667. The highest BCUT2D eigenvalue weighted by Crippen LogP contribution is 2.23. The minimum Gasteiger partial charge on any atom is -0.383 e. The number of aromatic nitrogens is 2. The maximum absolute atomic E-state index is 8.82. The van der Waals surface area contributed by atoms with Gasteiger partial charge in [0, 0.05) is 25.1 Å². The number of hydrogen-bond acceptors (Lipinski definition) is 5. The summed E-state index contributed by atoms with van der Waals surface area (Å²) in [6.07, 6.45) is 2.30. The highest BCUT2D eigenvalue weighted by molar-refractivity contribution is 5.56. The molecule has 2 N–H and O–H groups in total. The van der Waals surface area contributed by atoms with Gasteiger partial charge >= 0.3 is 0 Å². The van der Waals surface area contributed by atoms with Gasteiger partial charge in [-0.15, -0.1) is 0 Å². The van der Waals surface area contributed by atoms with Crippen LogP contribution < -0.4 is 10.6 Å². The monoisotopic (exact) mass is 275 g/mol. The van der Waals surface area contributed by atoms with Gasteiger partial charge in [-0.1, -0.05) is 20.8 Å². The molecule has 5 nitrogen and oxygen atoms in total. The van der Waals surface area contributed by atoms with Gasteiger partial charge in [-0.25, -0.2) is 9.97 Å². The molecule has 0 atom stereocenters. The van der Waals surface area contributed by atoms with Crippen molar-refractivity contribution in [2.24, 2.45) is 5.92 Å². The zero-order valence-corrected chi connectivity index (χ0v) is 13.0. The molecule has 0 aliphatic carbocycles. The van der Waals surface area contributed by atoms with Crippen molar-refractivity contribution in [2.75, 3.05) is 23.7 Å². The third-order valence-electron chi connectivity index (χ3n) is 3.06. The topological polar surface area (TPSA) is 78.8 Å². The van der Waals surface area contributed by atoms with Gasteiger partial charge < -0.3 is 10.6 Å². The van der Waals surface area contributed by atoms with Crippen LogP contribution in [0.4, 0.5) is 11.6 Å². The first-order valence-electron chi connectivity index (χ1n) is 7.24. The number of aryl methyl sites for hydroxylation is 1. The van der Waals surface area contributed by atoms with E-state index in [0.717, 1.165) is 36.6 Å². The summed E-state index contributed by atoms with van der Waals surface area (Å²) < 4.78 is 0. The fourth-order valence-corrected chi connectivity index (χ4v) is 2.12. The molecular formula is C15H25N5. The molecule has 0 aliphatic heterocycles. The Kier molecular flexibility index (Phi) is 6.23. The highest BCUT2D eigenvalue weighted by atomic mass is 15.2. The highest BCUT2D eigenvalue weighted by Gasteiger charge is 2.16. The molecule has 5 heteroatoms. The number of nitrogen functional groups attached to an aromatic ring is 1. The molecule has 1 rings (SSSR count). The lowest BCUT2D eigenvalue weighted by atomic mass is 10.1. The number of hydrogen-bond donors (Lipinski definition) is 1. The summed E-state index contributed by atoms with van der Waals surface area (Å²) in [5.74, 6) is 2.71. The number of nitriles is 1. The first-order chi connectivity index (χ1) is 9.49. The Morgan fingerprint density at radius 2 is 2.05 bits per heavy atom. The number of nitrogens with two attached hydrogens (primary N) is 1. The predicted molar refractivity (Wildman–Crippen MR) is 82.5 cm³/mol. The van der Waals surface area contributed by atoms with Gasteiger partial charge in [0.05, 0.1) is 12.5 Å². The van der Waals surface area contributed by atoms with Crippen LogP contribution in [0.25, 0.3) is 0 Å². The summed E-state index contributed by atoms with van der Waals surface area (Å²) >= 11 is 0. The van der Waals surface area contributed by atoms with Crippen LogP contribution in [-0.4, -0.2) is 23.1 Å². The van der Waals surface area contributed by atoms with Crippen LogP contribution >= 0.6 is 0 Å². The molecule has 110 valence electrons. The zero-order chi connectivity index (χ0) is 15.1. The van der Waals surface area contributed by atoms with Gasteiger partial charge in [-0.05, 0) is 19.3 Å². The molecule has 0 unspecified atom stereocenters. The molecule has 1 heterocycles. The Morgan fingerprint density at radius 3 is 2.60 bits per heavy atom. The first-order valence-corrected chi connectivity index (χ1v) is 7.24. The zero-order valence-electron chi connectivity index (χ0n) is 13.0. The Bertz CT molecular complexity index is 476. The average Bonchev–Trinajstić information content (AvgIpc) is 2.38. The largest absolute Gasteiger partial charge is 0.383 e. The normalized spacial score (nSPS) is 10.6. The lowest BCUT2D eigenvalue weighted by Crippen LogP contribution is -2.31. The second kappa shape index (κ2) is 7.68. The molecule has 1 aromatic heterocycles. The maximum atomic E-state index is 8.82. The second-order valence-electron chi connectivity index (χ2n) is 5.47. The SMILES string of the molecule is CCCc1nc(N)c(C)c(N(CCC#N)CC(C)C)n1. The first kappa shape index (κ1) is 16.2. The van der Waals surface area contributed by atoms with E-state index in [9.17, 15) is 0 Å². The molecule has 0 fully saturated rings. The minimum atomic E-state index is 0.485. The van der Waals surface area contributed by atoms with Crippen molar-refractivity contribution in [3.8, 4) is 6.07 Å². The van der Waals surface area contributed by atoms with E-state index in [-0.39, 0.29) is 0 Å². The van der Waals surface area contributed by atoms with E-state index in [1.165, 1.54) is 0 Å². The smallest absolute Gasteiger partial charge is 0.137 e. The van der Waals surface area contributed by atoms with Crippen LogP contribution in [0.1, 0.15) is 45.0 Å². The predicted octanol–water partition coefficient (Wildman–Crippen LogP) is 2.70.